The summed E-state index contributed by atoms with van der Waals surface area (Å²) in [4.78, 5) is 19.8. The molecule has 6 rings (SSSR count). The zero-order valence-corrected chi connectivity index (χ0v) is 20.8. The van der Waals surface area contributed by atoms with Crippen molar-refractivity contribution in [3.8, 4) is 21.9 Å². The first-order chi connectivity index (χ1) is 17.1. The number of hydrogen-bond donors (Lipinski definition) is 0. The number of para-hydroxylation sites is 1. The van der Waals surface area contributed by atoms with E-state index in [0.717, 1.165) is 61.0 Å². The van der Waals surface area contributed by atoms with Crippen LogP contribution in [-0.4, -0.2) is 53.9 Å². The highest BCUT2D eigenvalue weighted by Gasteiger charge is 2.30. The van der Waals surface area contributed by atoms with Crippen molar-refractivity contribution in [1.82, 2.24) is 14.7 Å². The fourth-order valence-electron chi connectivity index (χ4n) is 5.19. The highest BCUT2D eigenvalue weighted by Crippen LogP contribution is 2.42. The first-order valence-corrected chi connectivity index (χ1v) is 12.9. The summed E-state index contributed by atoms with van der Waals surface area (Å²) >= 11 is 1.63. The van der Waals surface area contributed by atoms with Crippen molar-refractivity contribution >= 4 is 22.9 Å². The fraction of sp³-hybridized carbons (Fsp3) is 0.286. The van der Waals surface area contributed by atoms with Gasteiger partial charge in [0, 0.05) is 42.3 Å². The summed E-state index contributed by atoms with van der Waals surface area (Å²) in [5.41, 5.74) is 7.02. The van der Waals surface area contributed by atoms with Gasteiger partial charge in [-0.15, -0.1) is 11.3 Å². The number of thiophene rings is 1. The van der Waals surface area contributed by atoms with E-state index in [-0.39, 0.29) is 5.91 Å². The van der Waals surface area contributed by atoms with Gasteiger partial charge in [0.05, 0.1) is 29.1 Å². The van der Waals surface area contributed by atoms with E-state index in [2.05, 4.69) is 46.8 Å². The Labute approximate surface area is 209 Å². The van der Waals surface area contributed by atoms with Crippen LogP contribution < -0.4 is 9.64 Å². The zero-order valence-electron chi connectivity index (χ0n) is 20.0. The van der Waals surface area contributed by atoms with Gasteiger partial charge in [0.1, 0.15) is 5.75 Å². The predicted octanol–water partition coefficient (Wildman–Crippen LogP) is 4.98. The number of hydrogen-bond acceptors (Lipinski definition) is 5. The number of anilines is 1. The van der Waals surface area contributed by atoms with Crippen LogP contribution in [0.1, 0.15) is 26.6 Å². The standard InChI is InChI=1S/C28H28N4O2S/c1-19-26-24(32(29-19)22-6-4-3-5-7-22)13-8-20-18-25(35-27(20)26)28(33)31-16-14-30(15-17-31)21-9-11-23(34-2)12-10-21/h3-7,9-12,18H,8,13-17H2,1-2H3. The number of carbonyl (C=O) groups is 1. The molecule has 1 amide bonds. The van der Waals surface area contributed by atoms with Crippen molar-refractivity contribution in [3.63, 3.8) is 0 Å². The third kappa shape index (κ3) is 3.90. The first-order valence-electron chi connectivity index (χ1n) is 12.1. The second kappa shape index (κ2) is 8.89. The maximum absolute atomic E-state index is 13.4. The summed E-state index contributed by atoms with van der Waals surface area (Å²) in [7, 11) is 1.68. The summed E-state index contributed by atoms with van der Waals surface area (Å²) < 4.78 is 7.34. The molecule has 0 N–H and O–H groups in total. The molecule has 2 aliphatic rings. The molecule has 0 radical (unpaired) electrons. The SMILES string of the molecule is COc1ccc(N2CCN(C(=O)c3cc4c(s3)-c3c(C)nn(-c5ccccc5)c3CC4)CC2)cc1. The topological polar surface area (TPSA) is 50.6 Å². The molecule has 2 aromatic heterocycles. The molecule has 0 saturated carbocycles. The Morgan fingerprint density at radius 2 is 1.69 bits per heavy atom. The lowest BCUT2D eigenvalue weighted by atomic mass is 9.95. The van der Waals surface area contributed by atoms with E-state index in [1.54, 1.807) is 18.4 Å². The largest absolute Gasteiger partial charge is 0.497 e. The molecule has 2 aromatic carbocycles. The lowest BCUT2D eigenvalue weighted by molar-refractivity contribution is 0.0751. The molecule has 178 valence electrons. The smallest absolute Gasteiger partial charge is 0.264 e. The molecule has 35 heavy (non-hydrogen) atoms. The average Bonchev–Trinajstić information content (AvgIpc) is 3.50. The Kier molecular flexibility index (Phi) is 5.57. The van der Waals surface area contributed by atoms with E-state index in [1.807, 2.05) is 35.2 Å². The quantitative estimate of drug-likeness (QED) is 0.410. The van der Waals surface area contributed by atoms with Gasteiger partial charge in [-0.3, -0.25) is 4.79 Å². The van der Waals surface area contributed by atoms with E-state index in [0.29, 0.717) is 0 Å². The maximum Gasteiger partial charge on any atom is 0.264 e. The first kappa shape index (κ1) is 21.9. The number of fused-ring (bicyclic) bond motifs is 3. The van der Waals surface area contributed by atoms with Gasteiger partial charge < -0.3 is 14.5 Å². The average molecular weight is 485 g/mol. The third-order valence-corrected chi connectivity index (χ3v) is 8.22. The summed E-state index contributed by atoms with van der Waals surface area (Å²) in [5, 5.41) is 4.87. The van der Waals surface area contributed by atoms with Crippen LogP contribution in [0, 0.1) is 6.92 Å². The van der Waals surface area contributed by atoms with Gasteiger partial charge in [-0.25, -0.2) is 4.68 Å². The second-order valence-corrected chi connectivity index (χ2v) is 10.1. The number of ether oxygens (including phenoxy) is 1. The Hall–Kier alpha value is -3.58. The number of aryl methyl sites for hydroxylation is 2. The van der Waals surface area contributed by atoms with E-state index >= 15 is 0 Å². The van der Waals surface area contributed by atoms with Gasteiger partial charge >= 0.3 is 0 Å². The molecule has 3 heterocycles. The van der Waals surface area contributed by atoms with Crippen LogP contribution in [0.4, 0.5) is 5.69 Å². The van der Waals surface area contributed by atoms with Crippen LogP contribution in [0.25, 0.3) is 16.1 Å². The van der Waals surface area contributed by atoms with Gasteiger partial charge in [0.2, 0.25) is 0 Å². The summed E-state index contributed by atoms with van der Waals surface area (Å²) in [5.74, 6) is 1.00. The number of benzene rings is 2. The highest BCUT2D eigenvalue weighted by atomic mass is 32.1. The summed E-state index contributed by atoms with van der Waals surface area (Å²) in [6, 6.07) is 20.6. The molecule has 0 bridgehead atoms. The number of piperazine rings is 1. The summed E-state index contributed by atoms with van der Waals surface area (Å²) in [6.45, 7) is 5.19. The maximum atomic E-state index is 13.4. The second-order valence-electron chi connectivity index (χ2n) is 9.10. The number of amides is 1. The number of rotatable bonds is 4. The number of carbonyl (C=O) groups excluding carboxylic acids is 1. The van der Waals surface area contributed by atoms with Crippen molar-refractivity contribution in [1.29, 1.82) is 0 Å². The van der Waals surface area contributed by atoms with E-state index in [4.69, 9.17) is 9.84 Å². The Morgan fingerprint density at radius 1 is 0.943 bits per heavy atom. The number of methoxy groups -OCH3 is 1. The molecule has 6 nitrogen and oxygen atoms in total. The minimum atomic E-state index is 0.147. The van der Waals surface area contributed by atoms with Crippen LogP contribution in [0.5, 0.6) is 5.75 Å². The van der Waals surface area contributed by atoms with Gasteiger partial charge in [0.15, 0.2) is 0 Å². The van der Waals surface area contributed by atoms with Crippen LogP contribution in [0.15, 0.2) is 60.7 Å². The van der Waals surface area contributed by atoms with Crippen molar-refractivity contribution in [2.45, 2.75) is 19.8 Å². The van der Waals surface area contributed by atoms with Crippen molar-refractivity contribution in [2.75, 3.05) is 38.2 Å². The Bertz CT molecular complexity index is 1370. The normalized spacial score (nSPS) is 15.0. The van der Waals surface area contributed by atoms with Gasteiger partial charge in [-0.05, 0) is 67.8 Å². The minimum absolute atomic E-state index is 0.147. The lowest BCUT2D eigenvalue weighted by Gasteiger charge is -2.36. The van der Waals surface area contributed by atoms with Crippen LogP contribution >= 0.6 is 11.3 Å². The highest BCUT2D eigenvalue weighted by molar-refractivity contribution is 7.17. The predicted molar refractivity (Wildman–Crippen MR) is 140 cm³/mol. The molecule has 0 spiro atoms. The number of aromatic nitrogens is 2. The fourth-order valence-corrected chi connectivity index (χ4v) is 6.48. The molecule has 0 unspecified atom stereocenters. The lowest BCUT2D eigenvalue weighted by Crippen LogP contribution is -2.48. The van der Waals surface area contributed by atoms with Gasteiger partial charge in [-0.1, -0.05) is 18.2 Å². The third-order valence-electron chi connectivity index (χ3n) is 7.04. The monoisotopic (exact) mass is 484 g/mol. The molecule has 1 aliphatic carbocycles. The molecule has 1 aliphatic heterocycles. The molecular weight excluding hydrogens is 456 g/mol. The van der Waals surface area contributed by atoms with Crippen LogP contribution in [-0.2, 0) is 12.8 Å². The molecule has 4 aromatic rings. The van der Waals surface area contributed by atoms with Crippen LogP contribution in [0.2, 0.25) is 0 Å². The molecule has 1 fully saturated rings. The zero-order chi connectivity index (χ0) is 23.9. The van der Waals surface area contributed by atoms with Crippen molar-refractivity contribution in [2.24, 2.45) is 0 Å². The molecular formula is C28H28N4O2S. The van der Waals surface area contributed by atoms with Crippen LogP contribution in [0.3, 0.4) is 0 Å². The van der Waals surface area contributed by atoms with Gasteiger partial charge in [0.25, 0.3) is 5.91 Å². The van der Waals surface area contributed by atoms with Crippen molar-refractivity contribution < 1.29 is 9.53 Å². The molecule has 1 saturated heterocycles. The molecule has 0 atom stereocenters. The Balaban J connectivity index is 1.21. The van der Waals surface area contributed by atoms with E-state index in [9.17, 15) is 4.79 Å². The molecule has 7 heteroatoms. The minimum Gasteiger partial charge on any atom is -0.497 e. The van der Waals surface area contributed by atoms with Crippen molar-refractivity contribution in [3.05, 3.63) is 82.5 Å². The Morgan fingerprint density at radius 3 is 2.40 bits per heavy atom. The summed E-state index contributed by atoms with van der Waals surface area (Å²) in [6.07, 6.45) is 1.87. The van der Waals surface area contributed by atoms with E-state index < -0.39 is 0 Å². The van der Waals surface area contributed by atoms with Gasteiger partial charge in [-0.2, -0.15) is 5.10 Å². The van der Waals surface area contributed by atoms with E-state index in [1.165, 1.54) is 27.4 Å². The number of nitrogens with zero attached hydrogens (tertiary/aromatic N) is 4.